The number of para-hydroxylation sites is 1. The first kappa shape index (κ1) is 13.2. The van der Waals surface area contributed by atoms with E-state index in [1.54, 1.807) is 6.92 Å². The summed E-state index contributed by atoms with van der Waals surface area (Å²) in [4.78, 5) is 4.00. The van der Waals surface area contributed by atoms with Crippen LogP contribution in [0, 0.1) is 6.92 Å². The molecule has 0 atom stereocenters. The van der Waals surface area contributed by atoms with Gasteiger partial charge in [0.15, 0.2) is 0 Å². The average Bonchev–Trinajstić information content (AvgIpc) is 2.33. The van der Waals surface area contributed by atoms with E-state index in [1.165, 1.54) is 30.5 Å². The van der Waals surface area contributed by atoms with E-state index >= 15 is 0 Å². The van der Waals surface area contributed by atoms with Crippen molar-refractivity contribution in [3.8, 4) is 0 Å². The number of nitrogens with two attached hydrogens (primary N) is 1. The molecule has 1 heterocycles. The molecule has 3 nitrogen and oxygen atoms in total. The van der Waals surface area contributed by atoms with E-state index in [4.69, 9.17) is 5.73 Å². The number of alkyl halides is 3. The van der Waals surface area contributed by atoms with E-state index in [9.17, 15) is 13.2 Å². The Morgan fingerprint density at radius 1 is 1.21 bits per heavy atom. The fourth-order valence-corrected chi connectivity index (χ4v) is 1.58. The van der Waals surface area contributed by atoms with Crippen LogP contribution in [0.2, 0.25) is 0 Å². The van der Waals surface area contributed by atoms with Crippen molar-refractivity contribution < 1.29 is 13.2 Å². The van der Waals surface area contributed by atoms with Crippen LogP contribution in [-0.2, 0) is 6.18 Å². The minimum atomic E-state index is -4.42. The zero-order chi connectivity index (χ0) is 14.0. The Bertz CT molecular complexity index is 594. The molecule has 100 valence electrons. The van der Waals surface area contributed by atoms with Gasteiger partial charge in [0.1, 0.15) is 5.82 Å². The van der Waals surface area contributed by atoms with Crippen molar-refractivity contribution >= 4 is 17.2 Å². The second kappa shape index (κ2) is 4.79. The molecule has 0 saturated heterocycles. The Hall–Kier alpha value is -2.24. The van der Waals surface area contributed by atoms with Gasteiger partial charge in [-0.15, -0.1) is 0 Å². The number of nitrogen functional groups attached to an aromatic ring is 1. The van der Waals surface area contributed by atoms with E-state index in [0.29, 0.717) is 5.69 Å². The number of nitrogens with one attached hydrogen (secondary N) is 1. The molecule has 0 aliphatic carbocycles. The molecule has 0 radical (unpaired) electrons. The van der Waals surface area contributed by atoms with Gasteiger partial charge in [-0.2, -0.15) is 13.2 Å². The molecule has 1 aromatic carbocycles. The molecule has 3 N–H and O–H groups in total. The molecule has 0 fully saturated rings. The van der Waals surface area contributed by atoms with Crippen LogP contribution in [0.3, 0.4) is 0 Å². The van der Waals surface area contributed by atoms with Crippen LogP contribution in [0.5, 0.6) is 0 Å². The third-order valence-corrected chi connectivity index (χ3v) is 2.64. The Morgan fingerprint density at radius 3 is 2.53 bits per heavy atom. The third kappa shape index (κ3) is 2.96. The predicted molar refractivity (Wildman–Crippen MR) is 68.1 cm³/mol. The number of hydrogen-bond acceptors (Lipinski definition) is 3. The molecule has 0 unspecified atom stereocenters. The first-order valence-electron chi connectivity index (χ1n) is 5.53. The van der Waals surface area contributed by atoms with Crippen molar-refractivity contribution in [1.82, 2.24) is 4.98 Å². The van der Waals surface area contributed by atoms with Gasteiger partial charge in [-0.3, -0.25) is 0 Å². The van der Waals surface area contributed by atoms with Gasteiger partial charge in [-0.05, 0) is 24.6 Å². The summed E-state index contributed by atoms with van der Waals surface area (Å²) in [5.41, 5.74) is 6.15. The van der Waals surface area contributed by atoms with Gasteiger partial charge in [-0.25, -0.2) is 4.98 Å². The number of aryl methyl sites for hydroxylation is 1. The molecular formula is C13H12F3N3. The van der Waals surface area contributed by atoms with Crippen LogP contribution < -0.4 is 11.1 Å². The van der Waals surface area contributed by atoms with Crippen LogP contribution in [0.25, 0.3) is 0 Å². The Kier molecular flexibility index (Phi) is 3.33. The Morgan fingerprint density at radius 2 is 1.89 bits per heavy atom. The number of benzene rings is 1. The van der Waals surface area contributed by atoms with Crippen molar-refractivity contribution in [2.24, 2.45) is 0 Å². The SMILES string of the molecule is Cc1cnc(Nc2ccccc2C(F)(F)F)cc1N. The molecule has 6 heteroatoms. The number of pyridine rings is 1. The van der Waals surface area contributed by atoms with Crippen molar-refractivity contribution in [2.45, 2.75) is 13.1 Å². The van der Waals surface area contributed by atoms with Crippen LogP contribution in [-0.4, -0.2) is 4.98 Å². The predicted octanol–water partition coefficient (Wildman–Crippen LogP) is 3.73. The zero-order valence-corrected chi connectivity index (χ0v) is 10.1. The summed E-state index contributed by atoms with van der Waals surface area (Å²) in [6, 6.07) is 6.73. The second-order valence-electron chi connectivity index (χ2n) is 4.09. The molecule has 0 amide bonds. The average molecular weight is 267 g/mol. The smallest absolute Gasteiger partial charge is 0.398 e. The summed E-state index contributed by atoms with van der Waals surface area (Å²) in [6.45, 7) is 1.77. The minimum Gasteiger partial charge on any atom is -0.398 e. The number of halogens is 3. The van der Waals surface area contributed by atoms with Crippen LogP contribution in [0.1, 0.15) is 11.1 Å². The fourth-order valence-electron chi connectivity index (χ4n) is 1.58. The lowest BCUT2D eigenvalue weighted by molar-refractivity contribution is -0.136. The third-order valence-electron chi connectivity index (χ3n) is 2.64. The van der Waals surface area contributed by atoms with E-state index in [-0.39, 0.29) is 11.5 Å². The Labute approximate surface area is 108 Å². The van der Waals surface area contributed by atoms with Gasteiger partial charge in [0, 0.05) is 18.0 Å². The number of nitrogens with zero attached hydrogens (tertiary/aromatic N) is 1. The quantitative estimate of drug-likeness (QED) is 0.871. The standard InChI is InChI=1S/C13H12F3N3/c1-8-7-18-12(6-10(8)17)19-11-5-3-2-4-9(11)13(14,15)16/h2-7H,1H3,(H3,17,18,19). The minimum absolute atomic E-state index is 0.0502. The second-order valence-corrected chi connectivity index (χ2v) is 4.09. The van der Waals surface area contributed by atoms with Gasteiger partial charge in [0.25, 0.3) is 0 Å². The fraction of sp³-hybridized carbons (Fsp3) is 0.154. The number of hydrogen-bond donors (Lipinski definition) is 2. The van der Waals surface area contributed by atoms with E-state index in [2.05, 4.69) is 10.3 Å². The Balaban J connectivity index is 2.36. The normalized spacial score (nSPS) is 11.4. The topological polar surface area (TPSA) is 50.9 Å². The summed E-state index contributed by atoms with van der Waals surface area (Å²) >= 11 is 0. The molecule has 2 rings (SSSR count). The number of anilines is 3. The molecule has 1 aromatic heterocycles. The van der Waals surface area contributed by atoms with Gasteiger partial charge in [0.05, 0.1) is 11.3 Å². The summed E-state index contributed by atoms with van der Waals surface area (Å²) in [5.74, 6) is 0.278. The van der Waals surface area contributed by atoms with Gasteiger partial charge < -0.3 is 11.1 Å². The first-order chi connectivity index (χ1) is 8.88. The maximum Gasteiger partial charge on any atom is 0.418 e. The van der Waals surface area contributed by atoms with Gasteiger partial charge in [0.2, 0.25) is 0 Å². The van der Waals surface area contributed by atoms with Crippen LogP contribution in [0.4, 0.5) is 30.4 Å². The monoisotopic (exact) mass is 267 g/mol. The lowest BCUT2D eigenvalue weighted by atomic mass is 10.1. The van der Waals surface area contributed by atoms with Crippen molar-refractivity contribution in [2.75, 3.05) is 11.1 Å². The molecule has 2 aromatic rings. The molecule has 0 spiro atoms. The molecule has 0 saturated carbocycles. The van der Waals surface area contributed by atoms with Crippen molar-refractivity contribution in [3.05, 3.63) is 47.7 Å². The summed E-state index contributed by atoms with van der Waals surface area (Å²) in [5, 5.41) is 2.64. The summed E-state index contributed by atoms with van der Waals surface area (Å²) in [7, 11) is 0. The maximum atomic E-state index is 12.8. The lowest BCUT2D eigenvalue weighted by Crippen LogP contribution is -2.09. The molecule has 19 heavy (non-hydrogen) atoms. The van der Waals surface area contributed by atoms with Gasteiger partial charge in [-0.1, -0.05) is 12.1 Å². The largest absolute Gasteiger partial charge is 0.418 e. The van der Waals surface area contributed by atoms with E-state index in [1.807, 2.05) is 0 Å². The van der Waals surface area contributed by atoms with Crippen molar-refractivity contribution in [3.63, 3.8) is 0 Å². The molecule has 0 bridgehead atoms. The van der Waals surface area contributed by atoms with Crippen molar-refractivity contribution in [1.29, 1.82) is 0 Å². The zero-order valence-electron chi connectivity index (χ0n) is 10.1. The molecular weight excluding hydrogens is 255 g/mol. The van der Waals surface area contributed by atoms with Gasteiger partial charge >= 0.3 is 6.18 Å². The highest BCUT2D eigenvalue weighted by atomic mass is 19.4. The molecule has 0 aliphatic heterocycles. The molecule has 0 aliphatic rings. The van der Waals surface area contributed by atoms with Crippen LogP contribution >= 0.6 is 0 Å². The summed E-state index contributed by atoms with van der Waals surface area (Å²) < 4.78 is 38.4. The van der Waals surface area contributed by atoms with Crippen LogP contribution in [0.15, 0.2) is 36.5 Å². The highest BCUT2D eigenvalue weighted by molar-refractivity contribution is 5.64. The summed E-state index contributed by atoms with van der Waals surface area (Å²) in [6.07, 6.45) is -2.91. The number of rotatable bonds is 2. The van der Waals surface area contributed by atoms with E-state index < -0.39 is 11.7 Å². The van der Waals surface area contributed by atoms with E-state index in [0.717, 1.165) is 11.6 Å². The maximum absolute atomic E-state index is 12.8. The highest BCUT2D eigenvalue weighted by Crippen LogP contribution is 2.35. The lowest BCUT2D eigenvalue weighted by Gasteiger charge is -2.14. The number of aromatic nitrogens is 1. The highest BCUT2D eigenvalue weighted by Gasteiger charge is 2.33. The first-order valence-corrected chi connectivity index (χ1v) is 5.53.